The van der Waals surface area contributed by atoms with Crippen molar-refractivity contribution in [2.24, 2.45) is 0 Å². The third-order valence-electron chi connectivity index (χ3n) is 5.30. The minimum atomic E-state index is -0.795. The van der Waals surface area contributed by atoms with E-state index in [0.29, 0.717) is 13.1 Å². The Kier molecular flexibility index (Phi) is 3.97. The summed E-state index contributed by atoms with van der Waals surface area (Å²) in [6.45, 7) is 1.07. The number of halogens is 2. The van der Waals surface area contributed by atoms with Crippen LogP contribution in [0.2, 0.25) is 0 Å². The minimum Gasteiger partial charge on any atom is -0.368 e. The number of rotatable bonds is 1. The van der Waals surface area contributed by atoms with Gasteiger partial charge in [-0.15, -0.1) is 0 Å². The van der Waals surface area contributed by atoms with Gasteiger partial charge in [0.2, 0.25) is 5.95 Å². The zero-order valence-electron chi connectivity index (χ0n) is 14.1. The first-order chi connectivity index (χ1) is 12.5. The normalized spacial score (nSPS) is 21.7. The highest BCUT2D eigenvalue weighted by Crippen LogP contribution is 2.44. The van der Waals surface area contributed by atoms with Crippen LogP contribution >= 0.6 is 0 Å². The number of hydrogen-bond acceptors (Lipinski definition) is 4. The molecule has 8 heteroatoms. The molecular formula is C18H19F2N5O. The Morgan fingerprint density at radius 1 is 1.31 bits per heavy atom. The van der Waals surface area contributed by atoms with E-state index in [9.17, 15) is 13.6 Å². The molecule has 1 atom stereocenters. The van der Waals surface area contributed by atoms with Crippen molar-refractivity contribution in [3.8, 4) is 0 Å². The summed E-state index contributed by atoms with van der Waals surface area (Å²) in [5, 5.41) is 2.54. The lowest BCUT2D eigenvalue weighted by molar-refractivity contribution is 0.157. The number of fused-ring (bicyclic) bond motifs is 2. The quantitative estimate of drug-likeness (QED) is 0.820. The molecule has 1 aliphatic heterocycles. The largest absolute Gasteiger partial charge is 0.368 e. The minimum absolute atomic E-state index is 0.0329. The van der Waals surface area contributed by atoms with Crippen LogP contribution in [0.3, 0.4) is 0 Å². The molecule has 4 rings (SSSR count). The van der Waals surface area contributed by atoms with Crippen LogP contribution in [0.15, 0.2) is 24.4 Å². The Morgan fingerprint density at radius 3 is 2.96 bits per heavy atom. The number of nitrogen functional groups attached to an aromatic ring is 1. The fourth-order valence-electron chi connectivity index (χ4n) is 4.04. The number of hydrogen-bond donors (Lipinski definition) is 2. The molecule has 1 aliphatic carbocycles. The van der Waals surface area contributed by atoms with Crippen molar-refractivity contribution in [2.45, 2.75) is 31.1 Å². The number of piperidine rings is 1. The van der Waals surface area contributed by atoms with Crippen LogP contribution in [0.1, 0.15) is 30.5 Å². The molecule has 1 saturated heterocycles. The van der Waals surface area contributed by atoms with E-state index in [1.54, 1.807) is 11.1 Å². The molecule has 1 unspecified atom stereocenters. The second kappa shape index (κ2) is 6.19. The molecule has 136 valence electrons. The lowest BCUT2D eigenvalue weighted by atomic mass is 9.77. The molecule has 1 aromatic carbocycles. The average molecular weight is 359 g/mol. The van der Waals surface area contributed by atoms with Gasteiger partial charge in [0.05, 0.1) is 11.4 Å². The summed E-state index contributed by atoms with van der Waals surface area (Å²) in [6.07, 6.45) is 5.25. The Morgan fingerprint density at radius 2 is 2.15 bits per heavy atom. The van der Waals surface area contributed by atoms with Gasteiger partial charge in [-0.05, 0) is 43.4 Å². The van der Waals surface area contributed by atoms with E-state index in [0.717, 1.165) is 49.1 Å². The lowest BCUT2D eigenvalue weighted by Crippen LogP contribution is -2.49. The fourth-order valence-corrected chi connectivity index (χ4v) is 4.04. The Bertz CT molecular complexity index is 871. The number of urea groups is 1. The van der Waals surface area contributed by atoms with Gasteiger partial charge in [-0.2, -0.15) is 0 Å². The number of anilines is 2. The molecule has 0 bridgehead atoms. The van der Waals surface area contributed by atoms with Crippen molar-refractivity contribution in [1.29, 1.82) is 0 Å². The number of benzene rings is 1. The van der Waals surface area contributed by atoms with Gasteiger partial charge in [0, 0.05) is 30.8 Å². The predicted molar refractivity (Wildman–Crippen MR) is 92.6 cm³/mol. The smallest absolute Gasteiger partial charge is 0.321 e. The number of likely N-dealkylation sites (tertiary alicyclic amines) is 1. The first-order valence-electron chi connectivity index (χ1n) is 8.60. The van der Waals surface area contributed by atoms with Gasteiger partial charge in [-0.25, -0.2) is 23.5 Å². The van der Waals surface area contributed by atoms with Gasteiger partial charge >= 0.3 is 6.03 Å². The third kappa shape index (κ3) is 2.85. The first kappa shape index (κ1) is 16.7. The van der Waals surface area contributed by atoms with Crippen molar-refractivity contribution in [3.05, 3.63) is 47.3 Å². The molecule has 3 N–H and O–H groups in total. The molecule has 1 fully saturated rings. The molecule has 2 amide bonds. The van der Waals surface area contributed by atoms with Crippen molar-refractivity contribution in [2.75, 3.05) is 24.1 Å². The molecular weight excluding hydrogens is 340 g/mol. The highest BCUT2D eigenvalue weighted by molar-refractivity contribution is 5.89. The maximum Gasteiger partial charge on any atom is 0.321 e. The highest BCUT2D eigenvalue weighted by Gasteiger charge is 2.44. The standard InChI is InChI=1S/C18H19F2N5O/c19-12-2-3-14(13(20)8-12)23-17(26)25-7-1-5-18(10-25)6-4-11-9-22-16(21)24-15(11)18/h2-3,8-9H,1,4-7,10H2,(H,23,26)(H2,21,22,24). The number of nitrogens with two attached hydrogens (primary N) is 1. The van der Waals surface area contributed by atoms with Gasteiger partial charge in [-0.1, -0.05) is 0 Å². The molecule has 1 spiro atoms. The summed E-state index contributed by atoms with van der Waals surface area (Å²) in [7, 11) is 0. The number of nitrogens with one attached hydrogen (secondary N) is 1. The van der Waals surface area contributed by atoms with E-state index in [1.807, 2.05) is 0 Å². The van der Waals surface area contributed by atoms with E-state index in [2.05, 4.69) is 15.3 Å². The van der Waals surface area contributed by atoms with Gasteiger partial charge in [-0.3, -0.25) is 0 Å². The number of nitrogens with zero attached hydrogens (tertiary/aromatic N) is 3. The van der Waals surface area contributed by atoms with Crippen LogP contribution < -0.4 is 11.1 Å². The van der Waals surface area contributed by atoms with E-state index in [1.165, 1.54) is 6.07 Å². The molecule has 6 nitrogen and oxygen atoms in total. The van der Waals surface area contributed by atoms with Gasteiger partial charge < -0.3 is 16.0 Å². The second-order valence-corrected chi connectivity index (χ2v) is 6.96. The summed E-state index contributed by atoms with van der Waals surface area (Å²) >= 11 is 0. The molecule has 2 heterocycles. The molecule has 2 aliphatic rings. The van der Waals surface area contributed by atoms with E-state index >= 15 is 0 Å². The van der Waals surface area contributed by atoms with Crippen LogP contribution in [0.5, 0.6) is 0 Å². The molecule has 2 aromatic rings. The van der Waals surface area contributed by atoms with Crippen LogP contribution in [0, 0.1) is 11.6 Å². The number of carbonyl (C=O) groups excluding carboxylic acids is 1. The summed E-state index contributed by atoms with van der Waals surface area (Å²) in [4.78, 5) is 22.8. The maximum absolute atomic E-state index is 13.8. The number of aromatic nitrogens is 2. The summed E-state index contributed by atoms with van der Waals surface area (Å²) < 4.78 is 26.8. The number of aryl methyl sites for hydroxylation is 1. The molecule has 26 heavy (non-hydrogen) atoms. The number of carbonyl (C=O) groups is 1. The second-order valence-electron chi connectivity index (χ2n) is 6.96. The molecule has 0 radical (unpaired) electrons. The first-order valence-corrected chi connectivity index (χ1v) is 8.60. The lowest BCUT2D eigenvalue weighted by Gasteiger charge is -2.40. The van der Waals surface area contributed by atoms with E-state index in [-0.39, 0.29) is 17.1 Å². The van der Waals surface area contributed by atoms with E-state index in [4.69, 9.17) is 5.73 Å². The summed E-state index contributed by atoms with van der Waals surface area (Å²) in [5.41, 5.74) is 7.49. The summed E-state index contributed by atoms with van der Waals surface area (Å²) in [6, 6.07) is 2.69. The highest BCUT2D eigenvalue weighted by atomic mass is 19.1. The average Bonchev–Trinajstić information content (AvgIpc) is 2.95. The van der Waals surface area contributed by atoms with Crippen molar-refractivity contribution in [1.82, 2.24) is 14.9 Å². The van der Waals surface area contributed by atoms with Crippen LogP contribution in [0.25, 0.3) is 0 Å². The molecule has 1 aromatic heterocycles. The number of amides is 2. The van der Waals surface area contributed by atoms with Crippen molar-refractivity contribution in [3.63, 3.8) is 0 Å². The maximum atomic E-state index is 13.8. The summed E-state index contributed by atoms with van der Waals surface area (Å²) in [5.74, 6) is -1.24. The Balaban J connectivity index is 1.54. The molecule has 0 saturated carbocycles. The monoisotopic (exact) mass is 359 g/mol. The zero-order chi connectivity index (χ0) is 18.3. The topological polar surface area (TPSA) is 84.1 Å². The third-order valence-corrected chi connectivity index (χ3v) is 5.30. The van der Waals surface area contributed by atoms with Crippen molar-refractivity contribution >= 4 is 17.7 Å². The van der Waals surface area contributed by atoms with Gasteiger partial charge in [0.1, 0.15) is 11.6 Å². The predicted octanol–water partition coefficient (Wildman–Crippen LogP) is 2.85. The van der Waals surface area contributed by atoms with Crippen LogP contribution in [0.4, 0.5) is 25.2 Å². The fraction of sp³-hybridized carbons (Fsp3) is 0.389. The van der Waals surface area contributed by atoms with Crippen LogP contribution in [-0.2, 0) is 11.8 Å². The zero-order valence-corrected chi connectivity index (χ0v) is 14.1. The van der Waals surface area contributed by atoms with Crippen molar-refractivity contribution < 1.29 is 13.6 Å². The Hall–Kier alpha value is -2.77. The SMILES string of the molecule is Nc1ncc2c(n1)C1(CCCN(C(=O)Nc3ccc(F)cc3F)C1)CC2. The van der Waals surface area contributed by atoms with E-state index < -0.39 is 17.7 Å². The van der Waals surface area contributed by atoms with Gasteiger partial charge in [0.15, 0.2) is 0 Å². The van der Waals surface area contributed by atoms with Crippen LogP contribution in [-0.4, -0.2) is 34.0 Å². The van der Waals surface area contributed by atoms with Gasteiger partial charge in [0.25, 0.3) is 0 Å². The Labute approximate surface area is 149 Å².